The fraction of sp³-hybridized carbons (Fsp3) is 0.455. The van der Waals surface area contributed by atoms with Crippen LogP contribution < -0.4 is 0 Å². The number of benzene rings is 1. The van der Waals surface area contributed by atoms with Gasteiger partial charge in [-0.3, -0.25) is 0 Å². The smallest absolute Gasteiger partial charge is 0.0159 e. The van der Waals surface area contributed by atoms with Crippen molar-refractivity contribution in [3.8, 4) is 0 Å². The van der Waals surface area contributed by atoms with Gasteiger partial charge in [-0.1, -0.05) is 38.1 Å². The van der Waals surface area contributed by atoms with E-state index in [0.717, 1.165) is 11.8 Å². The molecule has 0 bridgehead atoms. The first-order chi connectivity index (χ1) is 5.29. The molecule has 0 radical (unpaired) electrons. The molecule has 11 heavy (non-hydrogen) atoms. The van der Waals surface area contributed by atoms with Gasteiger partial charge in [-0.25, -0.2) is 0 Å². The van der Waals surface area contributed by atoms with Gasteiger partial charge < -0.3 is 1.43 Å². The standard InChI is InChI=1S/C11H14.H/c1-8-7-10-5-3-4-6-11(10)9(8)2;/h3-6,8-9H,7H2,1-2H3;/q;-1/i;1+1. The summed E-state index contributed by atoms with van der Waals surface area (Å²) in [5.41, 5.74) is 3.13. The van der Waals surface area contributed by atoms with Gasteiger partial charge in [-0.2, -0.15) is 0 Å². The minimum atomic E-state index is 0. The van der Waals surface area contributed by atoms with Crippen LogP contribution >= 0.6 is 0 Å². The quantitative estimate of drug-likeness (QED) is 0.530. The summed E-state index contributed by atoms with van der Waals surface area (Å²) in [6, 6.07) is 8.82. The lowest BCUT2D eigenvalue weighted by Crippen LogP contribution is -1.97. The fourth-order valence-corrected chi connectivity index (χ4v) is 1.99. The third kappa shape index (κ3) is 0.973. The number of hydrogen-bond acceptors (Lipinski definition) is 0. The highest BCUT2D eigenvalue weighted by Gasteiger charge is 2.24. The number of rotatable bonds is 0. The summed E-state index contributed by atoms with van der Waals surface area (Å²) < 4.78 is 0. The van der Waals surface area contributed by atoms with Crippen LogP contribution in [-0.4, -0.2) is 0 Å². The van der Waals surface area contributed by atoms with Crippen LogP contribution in [0.15, 0.2) is 24.3 Å². The van der Waals surface area contributed by atoms with Gasteiger partial charge in [-0.05, 0) is 29.4 Å². The molecule has 0 heteroatoms. The van der Waals surface area contributed by atoms with Gasteiger partial charge in [0.1, 0.15) is 0 Å². The number of fused-ring (bicyclic) bond motifs is 1. The highest BCUT2D eigenvalue weighted by molar-refractivity contribution is 5.35. The molecule has 0 spiro atoms. The molecule has 60 valence electrons. The summed E-state index contributed by atoms with van der Waals surface area (Å²) in [7, 11) is 0. The van der Waals surface area contributed by atoms with E-state index in [0.29, 0.717) is 0 Å². The van der Waals surface area contributed by atoms with Crippen LogP contribution in [0, 0.1) is 5.92 Å². The van der Waals surface area contributed by atoms with Crippen molar-refractivity contribution in [1.29, 1.82) is 0 Å². The maximum absolute atomic E-state index is 2.34. The van der Waals surface area contributed by atoms with Crippen LogP contribution in [0.25, 0.3) is 0 Å². The Morgan fingerprint density at radius 3 is 2.73 bits per heavy atom. The first kappa shape index (κ1) is 6.90. The Balaban J connectivity index is 0.000000720. The van der Waals surface area contributed by atoms with Crippen LogP contribution in [-0.2, 0) is 6.42 Å². The topological polar surface area (TPSA) is 0 Å². The van der Waals surface area contributed by atoms with Crippen molar-refractivity contribution < 1.29 is 1.43 Å². The van der Waals surface area contributed by atoms with Gasteiger partial charge in [0.05, 0.1) is 0 Å². The Kier molecular flexibility index (Phi) is 1.49. The molecular weight excluding hydrogens is 132 g/mol. The third-order valence-electron chi connectivity index (χ3n) is 2.94. The van der Waals surface area contributed by atoms with Crippen LogP contribution in [0.2, 0.25) is 0 Å². The molecule has 1 aliphatic carbocycles. The Bertz CT molecular complexity index is 267. The minimum absolute atomic E-state index is 0. The summed E-state index contributed by atoms with van der Waals surface area (Å²) in [4.78, 5) is 0. The summed E-state index contributed by atoms with van der Waals surface area (Å²) >= 11 is 0. The maximum atomic E-state index is 2.34. The van der Waals surface area contributed by atoms with Crippen LogP contribution in [0.5, 0.6) is 0 Å². The predicted octanol–water partition coefficient (Wildman–Crippen LogP) is 3.09. The van der Waals surface area contributed by atoms with Crippen molar-refractivity contribution in [3.63, 3.8) is 0 Å². The lowest BCUT2D eigenvalue weighted by atomic mass is 9.97. The number of hydrogen-bond donors (Lipinski definition) is 0. The maximum Gasteiger partial charge on any atom is -0.0159 e. The first-order valence-corrected chi connectivity index (χ1v) is 4.37. The highest BCUT2D eigenvalue weighted by atomic mass is 14.3. The summed E-state index contributed by atoms with van der Waals surface area (Å²) in [5.74, 6) is 1.61. The Morgan fingerprint density at radius 2 is 2.00 bits per heavy atom. The second kappa shape index (κ2) is 2.37. The Morgan fingerprint density at radius 1 is 1.27 bits per heavy atom. The second-order valence-electron chi connectivity index (χ2n) is 3.67. The van der Waals surface area contributed by atoms with E-state index in [-0.39, 0.29) is 1.43 Å². The summed E-state index contributed by atoms with van der Waals surface area (Å²) in [5, 5.41) is 0. The zero-order valence-corrected chi connectivity index (χ0v) is 7.17. The third-order valence-corrected chi connectivity index (χ3v) is 2.94. The van der Waals surface area contributed by atoms with Gasteiger partial charge in [-0.15, -0.1) is 0 Å². The van der Waals surface area contributed by atoms with Gasteiger partial charge in [0.2, 0.25) is 0 Å². The van der Waals surface area contributed by atoms with Gasteiger partial charge >= 0.3 is 0 Å². The molecule has 1 aromatic rings. The van der Waals surface area contributed by atoms with Crippen molar-refractivity contribution in [2.24, 2.45) is 5.92 Å². The molecule has 1 aromatic carbocycles. The van der Waals surface area contributed by atoms with Crippen molar-refractivity contribution >= 4 is 0 Å². The van der Waals surface area contributed by atoms with E-state index in [1.54, 1.807) is 11.1 Å². The molecule has 0 aromatic heterocycles. The van der Waals surface area contributed by atoms with Crippen LogP contribution in [0.1, 0.15) is 32.3 Å². The van der Waals surface area contributed by atoms with E-state index in [4.69, 9.17) is 0 Å². The van der Waals surface area contributed by atoms with Crippen molar-refractivity contribution in [2.45, 2.75) is 26.2 Å². The summed E-state index contributed by atoms with van der Waals surface area (Å²) in [6.07, 6.45) is 1.28. The van der Waals surface area contributed by atoms with E-state index < -0.39 is 0 Å². The molecule has 0 aliphatic heterocycles. The Hall–Kier alpha value is -0.780. The molecule has 2 unspecified atom stereocenters. The SMILES string of the molecule is CC1Cc2ccccc2C1C.[2H-]. The molecule has 0 saturated carbocycles. The van der Waals surface area contributed by atoms with Crippen molar-refractivity contribution in [3.05, 3.63) is 35.4 Å². The highest BCUT2D eigenvalue weighted by Crippen LogP contribution is 2.36. The molecule has 2 rings (SSSR count). The van der Waals surface area contributed by atoms with E-state index in [9.17, 15) is 0 Å². The molecule has 0 nitrogen and oxygen atoms in total. The molecule has 0 N–H and O–H groups in total. The van der Waals surface area contributed by atoms with E-state index in [2.05, 4.69) is 38.1 Å². The van der Waals surface area contributed by atoms with Crippen molar-refractivity contribution in [1.82, 2.24) is 0 Å². The molecular formula is C11H15-. The van der Waals surface area contributed by atoms with Gasteiger partial charge in [0.15, 0.2) is 0 Å². The van der Waals surface area contributed by atoms with Gasteiger partial charge in [0.25, 0.3) is 0 Å². The van der Waals surface area contributed by atoms with E-state index in [1.807, 2.05) is 0 Å². The predicted molar refractivity (Wildman–Crippen MR) is 48.8 cm³/mol. The van der Waals surface area contributed by atoms with Crippen LogP contribution in [0.3, 0.4) is 0 Å². The minimum Gasteiger partial charge on any atom is -1.00 e. The second-order valence-corrected chi connectivity index (χ2v) is 3.67. The molecule has 1 aliphatic rings. The van der Waals surface area contributed by atoms with E-state index in [1.165, 1.54) is 6.42 Å². The van der Waals surface area contributed by atoms with E-state index >= 15 is 0 Å². The zero-order chi connectivity index (χ0) is 7.84. The molecule has 0 heterocycles. The average Bonchev–Trinajstić information content (AvgIpc) is 2.30. The lowest BCUT2D eigenvalue weighted by Gasteiger charge is -2.08. The zero-order valence-electron chi connectivity index (χ0n) is 8.17. The monoisotopic (exact) mass is 148 g/mol. The molecule has 0 fully saturated rings. The average molecular weight is 148 g/mol. The largest absolute Gasteiger partial charge is 1.00 e. The molecule has 0 saturated heterocycles. The molecule has 2 atom stereocenters. The first-order valence-electron chi connectivity index (χ1n) is 4.37. The normalized spacial score (nSPS) is 28.5. The van der Waals surface area contributed by atoms with Gasteiger partial charge in [0, 0.05) is 0 Å². The Labute approximate surface area is 69.7 Å². The van der Waals surface area contributed by atoms with Crippen molar-refractivity contribution in [2.75, 3.05) is 0 Å². The summed E-state index contributed by atoms with van der Waals surface area (Å²) in [6.45, 7) is 4.67. The fourth-order valence-electron chi connectivity index (χ4n) is 1.99. The lowest BCUT2D eigenvalue weighted by molar-refractivity contribution is 0.532. The molecule has 0 amide bonds. The van der Waals surface area contributed by atoms with Crippen LogP contribution in [0.4, 0.5) is 0 Å².